The fourth-order valence-electron chi connectivity index (χ4n) is 1.76. The summed E-state index contributed by atoms with van der Waals surface area (Å²) in [5, 5.41) is 0. The molecular formula is C14H24N2O2. The van der Waals surface area contributed by atoms with E-state index in [4.69, 9.17) is 15.2 Å². The third-order valence-electron chi connectivity index (χ3n) is 2.75. The van der Waals surface area contributed by atoms with Crippen molar-refractivity contribution in [2.75, 3.05) is 19.8 Å². The zero-order chi connectivity index (χ0) is 13.4. The van der Waals surface area contributed by atoms with Crippen LogP contribution in [0.15, 0.2) is 6.07 Å². The van der Waals surface area contributed by atoms with E-state index in [1.807, 2.05) is 19.9 Å². The van der Waals surface area contributed by atoms with E-state index in [0.29, 0.717) is 19.8 Å². The largest absolute Gasteiger partial charge is 0.491 e. The first-order valence-corrected chi connectivity index (χ1v) is 6.56. The van der Waals surface area contributed by atoms with E-state index < -0.39 is 0 Å². The first-order valence-electron chi connectivity index (χ1n) is 6.56. The van der Waals surface area contributed by atoms with Crippen molar-refractivity contribution in [3.8, 4) is 5.75 Å². The Kier molecular flexibility index (Phi) is 6.68. The second-order valence-electron chi connectivity index (χ2n) is 4.34. The van der Waals surface area contributed by atoms with E-state index in [1.165, 1.54) is 0 Å². The second-order valence-corrected chi connectivity index (χ2v) is 4.34. The van der Waals surface area contributed by atoms with Crippen LogP contribution >= 0.6 is 0 Å². The SMILES string of the molecule is CCCCOCCOc1cc(C)nc(C)c1CN. The van der Waals surface area contributed by atoms with Gasteiger partial charge in [0, 0.05) is 36.2 Å². The lowest BCUT2D eigenvalue weighted by Crippen LogP contribution is -2.11. The zero-order valence-electron chi connectivity index (χ0n) is 11.7. The monoisotopic (exact) mass is 252 g/mol. The summed E-state index contributed by atoms with van der Waals surface area (Å²) >= 11 is 0. The van der Waals surface area contributed by atoms with E-state index >= 15 is 0 Å². The Labute approximate surface area is 110 Å². The van der Waals surface area contributed by atoms with Crippen LogP contribution in [0.2, 0.25) is 0 Å². The summed E-state index contributed by atoms with van der Waals surface area (Å²) in [5.41, 5.74) is 8.60. The number of ether oxygens (including phenoxy) is 2. The second kappa shape index (κ2) is 8.06. The highest BCUT2D eigenvalue weighted by Crippen LogP contribution is 2.21. The number of nitrogens with two attached hydrogens (primary N) is 1. The lowest BCUT2D eigenvalue weighted by atomic mass is 10.1. The van der Waals surface area contributed by atoms with Crippen LogP contribution in [0.25, 0.3) is 0 Å². The minimum atomic E-state index is 0.450. The number of aromatic nitrogens is 1. The number of pyridine rings is 1. The van der Waals surface area contributed by atoms with Gasteiger partial charge in [-0.25, -0.2) is 0 Å². The maximum absolute atomic E-state index is 5.72. The number of aryl methyl sites for hydroxylation is 2. The van der Waals surface area contributed by atoms with Crippen molar-refractivity contribution in [3.05, 3.63) is 23.0 Å². The molecule has 1 aromatic heterocycles. The maximum Gasteiger partial charge on any atom is 0.127 e. The molecule has 1 rings (SSSR count). The molecule has 0 atom stereocenters. The van der Waals surface area contributed by atoms with E-state index in [9.17, 15) is 0 Å². The summed E-state index contributed by atoms with van der Waals surface area (Å²) in [6, 6.07) is 1.93. The Morgan fingerprint density at radius 2 is 2.00 bits per heavy atom. The molecule has 1 aromatic rings. The summed E-state index contributed by atoms with van der Waals surface area (Å²) in [6.07, 6.45) is 2.25. The van der Waals surface area contributed by atoms with Crippen LogP contribution in [-0.4, -0.2) is 24.8 Å². The van der Waals surface area contributed by atoms with E-state index in [0.717, 1.165) is 42.1 Å². The standard InChI is InChI=1S/C14H24N2O2/c1-4-5-6-17-7-8-18-14-9-11(2)16-12(3)13(14)10-15/h9H,4-8,10,15H2,1-3H3. The fraction of sp³-hybridized carbons (Fsp3) is 0.643. The van der Waals surface area contributed by atoms with Gasteiger partial charge in [-0.2, -0.15) is 0 Å². The fourth-order valence-corrected chi connectivity index (χ4v) is 1.76. The van der Waals surface area contributed by atoms with Gasteiger partial charge in [0.1, 0.15) is 12.4 Å². The number of hydrogen-bond acceptors (Lipinski definition) is 4. The van der Waals surface area contributed by atoms with Crippen LogP contribution in [0.4, 0.5) is 0 Å². The van der Waals surface area contributed by atoms with Gasteiger partial charge in [0.2, 0.25) is 0 Å². The molecule has 0 spiro atoms. The molecular weight excluding hydrogens is 228 g/mol. The van der Waals surface area contributed by atoms with Crippen LogP contribution in [0.3, 0.4) is 0 Å². The molecule has 0 saturated heterocycles. The molecule has 0 aliphatic rings. The average molecular weight is 252 g/mol. The smallest absolute Gasteiger partial charge is 0.127 e. The molecule has 1 heterocycles. The molecule has 0 amide bonds. The molecule has 4 heteroatoms. The van der Waals surface area contributed by atoms with Crippen molar-refractivity contribution in [1.29, 1.82) is 0 Å². The highest BCUT2D eigenvalue weighted by molar-refractivity contribution is 5.37. The van der Waals surface area contributed by atoms with Crippen LogP contribution in [0, 0.1) is 13.8 Å². The number of rotatable bonds is 8. The first kappa shape index (κ1) is 14.9. The molecule has 0 saturated carbocycles. The van der Waals surface area contributed by atoms with Gasteiger partial charge in [-0.3, -0.25) is 4.98 Å². The van der Waals surface area contributed by atoms with Crippen molar-refractivity contribution in [2.24, 2.45) is 5.73 Å². The first-order chi connectivity index (χ1) is 8.69. The Bertz CT molecular complexity index is 367. The Morgan fingerprint density at radius 1 is 1.22 bits per heavy atom. The van der Waals surface area contributed by atoms with Gasteiger partial charge in [0.05, 0.1) is 6.61 Å². The number of unbranched alkanes of at least 4 members (excludes halogenated alkanes) is 1. The van der Waals surface area contributed by atoms with E-state index in [2.05, 4.69) is 11.9 Å². The van der Waals surface area contributed by atoms with Crippen LogP contribution in [-0.2, 0) is 11.3 Å². The minimum absolute atomic E-state index is 0.450. The molecule has 0 aliphatic heterocycles. The summed E-state index contributed by atoms with van der Waals surface area (Å²) in [4.78, 5) is 4.38. The minimum Gasteiger partial charge on any atom is -0.491 e. The van der Waals surface area contributed by atoms with Gasteiger partial charge in [-0.1, -0.05) is 13.3 Å². The topological polar surface area (TPSA) is 57.4 Å². The molecule has 2 N–H and O–H groups in total. The van der Waals surface area contributed by atoms with Crippen molar-refractivity contribution in [2.45, 2.75) is 40.2 Å². The zero-order valence-corrected chi connectivity index (χ0v) is 11.7. The highest BCUT2D eigenvalue weighted by Gasteiger charge is 2.08. The predicted octanol–water partition coefficient (Wildman–Crippen LogP) is 2.35. The average Bonchev–Trinajstić information content (AvgIpc) is 2.33. The molecule has 0 bridgehead atoms. The van der Waals surface area contributed by atoms with E-state index in [-0.39, 0.29) is 0 Å². The third kappa shape index (κ3) is 4.63. The van der Waals surface area contributed by atoms with Gasteiger partial charge < -0.3 is 15.2 Å². The quantitative estimate of drug-likeness (QED) is 0.722. The van der Waals surface area contributed by atoms with Gasteiger partial charge in [0.25, 0.3) is 0 Å². The molecule has 0 fully saturated rings. The molecule has 18 heavy (non-hydrogen) atoms. The lowest BCUT2D eigenvalue weighted by molar-refractivity contribution is 0.0976. The summed E-state index contributed by atoms with van der Waals surface area (Å²) in [5.74, 6) is 0.835. The lowest BCUT2D eigenvalue weighted by Gasteiger charge is -2.13. The van der Waals surface area contributed by atoms with Gasteiger partial charge in [-0.15, -0.1) is 0 Å². The van der Waals surface area contributed by atoms with Gasteiger partial charge in [0.15, 0.2) is 0 Å². The van der Waals surface area contributed by atoms with Crippen molar-refractivity contribution < 1.29 is 9.47 Å². The third-order valence-corrected chi connectivity index (χ3v) is 2.75. The van der Waals surface area contributed by atoms with Crippen molar-refractivity contribution in [3.63, 3.8) is 0 Å². The van der Waals surface area contributed by atoms with E-state index in [1.54, 1.807) is 0 Å². The molecule has 0 radical (unpaired) electrons. The number of nitrogens with zero attached hydrogens (tertiary/aromatic N) is 1. The normalized spacial score (nSPS) is 10.7. The summed E-state index contributed by atoms with van der Waals surface area (Å²) in [6.45, 7) is 8.49. The Balaban J connectivity index is 2.46. The van der Waals surface area contributed by atoms with Gasteiger partial charge >= 0.3 is 0 Å². The summed E-state index contributed by atoms with van der Waals surface area (Å²) in [7, 11) is 0. The molecule has 0 unspecified atom stereocenters. The Morgan fingerprint density at radius 3 is 2.67 bits per heavy atom. The van der Waals surface area contributed by atoms with Crippen LogP contribution < -0.4 is 10.5 Å². The maximum atomic E-state index is 5.72. The Hall–Kier alpha value is -1.13. The molecule has 0 aliphatic carbocycles. The summed E-state index contributed by atoms with van der Waals surface area (Å²) < 4.78 is 11.2. The molecule has 0 aromatic carbocycles. The van der Waals surface area contributed by atoms with Crippen LogP contribution in [0.1, 0.15) is 36.7 Å². The van der Waals surface area contributed by atoms with Gasteiger partial charge in [-0.05, 0) is 20.3 Å². The number of hydrogen-bond donors (Lipinski definition) is 1. The highest BCUT2D eigenvalue weighted by atomic mass is 16.5. The molecule has 102 valence electrons. The van der Waals surface area contributed by atoms with Crippen molar-refractivity contribution in [1.82, 2.24) is 4.98 Å². The van der Waals surface area contributed by atoms with Crippen molar-refractivity contribution >= 4 is 0 Å². The predicted molar refractivity (Wildman–Crippen MR) is 72.8 cm³/mol. The molecule has 4 nitrogen and oxygen atoms in total. The van der Waals surface area contributed by atoms with Crippen LogP contribution in [0.5, 0.6) is 5.75 Å².